The molecule has 0 bridgehead atoms. The Balaban J connectivity index is 3.45. The molecule has 0 fully saturated rings. The van der Waals surface area contributed by atoms with Crippen molar-refractivity contribution < 1.29 is 22.1 Å². The zero-order chi connectivity index (χ0) is 24.6. The van der Waals surface area contributed by atoms with Crippen LogP contribution in [-0.4, -0.2) is 40.5 Å². The van der Waals surface area contributed by atoms with E-state index in [0.717, 1.165) is 19.1 Å². The summed E-state index contributed by atoms with van der Waals surface area (Å²) in [6.45, 7) is 2.60. The standard InChI is InChI=1S/C25H48N2O5S/c1-3-4-5-6-7-8-9-10-11-12-13-14-15-16-17-18-21-27-25(28)31-22-24(19-20-26)23-32-33(2,29)30/h24H,3-19,21-23H2,1-2H3,(H,27,28). The van der Waals surface area contributed by atoms with E-state index in [0.29, 0.717) is 6.54 Å². The maximum Gasteiger partial charge on any atom is 0.407 e. The van der Waals surface area contributed by atoms with Gasteiger partial charge in [-0.1, -0.05) is 103 Å². The highest BCUT2D eigenvalue weighted by Crippen LogP contribution is 2.13. The molecule has 1 atom stereocenters. The lowest BCUT2D eigenvalue weighted by atomic mass is 10.0. The van der Waals surface area contributed by atoms with Crippen LogP contribution in [0.2, 0.25) is 0 Å². The molecular formula is C25H48N2O5S. The number of ether oxygens (including phenoxy) is 1. The number of carbonyl (C=O) groups is 1. The first kappa shape index (κ1) is 31.7. The Morgan fingerprint density at radius 3 is 1.70 bits per heavy atom. The highest BCUT2D eigenvalue weighted by Gasteiger charge is 2.15. The number of carbonyl (C=O) groups excluding carboxylic acids is 1. The fourth-order valence-electron chi connectivity index (χ4n) is 3.62. The van der Waals surface area contributed by atoms with Crippen LogP contribution in [0.25, 0.3) is 0 Å². The molecule has 0 aromatic rings. The van der Waals surface area contributed by atoms with Crippen molar-refractivity contribution in [2.75, 3.05) is 26.0 Å². The first-order chi connectivity index (χ1) is 15.9. The van der Waals surface area contributed by atoms with Crippen molar-refractivity contribution in [2.45, 2.75) is 116 Å². The molecule has 0 saturated heterocycles. The number of nitriles is 1. The van der Waals surface area contributed by atoms with Gasteiger partial charge < -0.3 is 10.1 Å². The molecule has 0 radical (unpaired) electrons. The summed E-state index contributed by atoms with van der Waals surface area (Å²) >= 11 is 0. The van der Waals surface area contributed by atoms with Crippen LogP contribution < -0.4 is 5.32 Å². The fraction of sp³-hybridized carbons (Fsp3) is 0.920. The van der Waals surface area contributed by atoms with Crippen LogP contribution in [0.15, 0.2) is 0 Å². The summed E-state index contributed by atoms with van der Waals surface area (Å²) in [6, 6.07) is 1.94. The van der Waals surface area contributed by atoms with Gasteiger partial charge in [-0.3, -0.25) is 4.18 Å². The molecule has 0 aliphatic carbocycles. The minimum absolute atomic E-state index is 0.0477. The van der Waals surface area contributed by atoms with E-state index >= 15 is 0 Å². The molecule has 0 aliphatic heterocycles. The van der Waals surface area contributed by atoms with Gasteiger partial charge in [0.2, 0.25) is 0 Å². The van der Waals surface area contributed by atoms with Crippen LogP contribution in [0.5, 0.6) is 0 Å². The Kier molecular flexibility index (Phi) is 21.6. The Morgan fingerprint density at radius 2 is 1.27 bits per heavy atom. The number of unbranched alkanes of at least 4 members (excludes halogenated alkanes) is 15. The van der Waals surface area contributed by atoms with Gasteiger partial charge in [0.25, 0.3) is 10.1 Å². The SMILES string of the molecule is CCCCCCCCCCCCCCCCCCNC(=O)OCC(CC#N)COS(C)(=O)=O. The second-order valence-corrected chi connectivity index (χ2v) is 10.7. The third-order valence-corrected chi connectivity index (χ3v) is 6.21. The van der Waals surface area contributed by atoms with E-state index in [9.17, 15) is 13.2 Å². The van der Waals surface area contributed by atoms with Crippen molar-refractivity contribution in [1.82, 2.24) is 5.32 Å². The molecule has 1 amide bonds. The fourth-order valence-corrected chi connectivity index (χ4v) is 4.06. The minimum atomic E-state index is -3.58. The summed E-state index contributed by atoms with van der Waals surface area (Å²) in [4.78, 5) is 11.7. The first-order valence-corrected chi connectivity index (χ1v) is 14.8. The molecule has 1 unspecified atom stereocenters. The molecule has 194 valence electrons. The number of amides is 1. The smallest absolute Gasteiger partial charge is 0.407 e. The lowest BCUT2D eigenvalue weighted by Gasteiger charge is -2.14. The Morgan fingerprint density at radius 1 is 0.818 bits per heavy atom. The molecule has 0 saturated carbocycles. The van der Waals surface area contributed by atoms with Crippen molar-refractivity contribution in [3.05, 3.63) is 0 Å². The summed E-state index contributed by atoms with van der Waals surface area (Å²) in [7, 11) is -3.58. The van der Waals surface area contributed by atoms with Gasteiger partial charge in [-0.15, -0.1) is 0 Å². The Labute approximate surface area is 203 Å². The van der Waals surface area contributed by atoms with Gasteiger partial charge in [0, 0.05) is 18.9 Å². The van der Waals surface area contributed by atoms with Gasteiger partial charge >= 0.3 is 6.09 Å². The molecule has 33 heavy (non-hydrogen) atoms. The van der Waals surface area contributed by atoms with Gasteiger partial charge in [-0.2, -0.15) is 13.7 Å². The van der Waals surface area contributed by atoms with E-state index in [4.69, 9.17) is 10.00 Å². The number of hydrogen-bond acceptors (Lipinski definition) is 6. The van der Waals surface area contributed by atoms with Crippen LogP contribution in [-0.2, 0) is 19.0 Å². The lowest BCUT2D eigenvalue weighted by Crippen LogP contribution is -2.28. The van der Waals surface area contributed by atoms with Gasteiger partial charge in [-0.05, 0) is 6.42 Å². The summed E-state index contributed by atoms with van der Waals surface area (Å²) in [5, 5.41) is 11.5. The normalized spacial score (nSPS) is 12.3. The summed E-state index contributed by atoms with van der Waals surface area (Å²) in [5.41, 5.74) is 0. The number of nitrogens with one attached hydrogen (secondary N) is 1. The zero-order valence-electron chi connectivity index (χ0n) is 21.1. The van der Waals surface area contributed by atoms with E-state index in [1.807, 2.05) is 6.07 Å². The third-order valence-electron chi connectivity index (χ3n) is 5.65. The largest absolute Gasteiger partial charge is 0.449 e. The van der Waals surface area contributed by atoms with E-state index in [1.165, 1.54) is 89.9 Å². The van der Waals surface area contributed by atoms with Crippen molar-refractivity contribution >= 4 is 16.2 Å². The molecule has 0 heterocycles. The Bertz CT molecular complexity index is 604. The van der Waals surface area contributed by atoms with Crippen LogP contribution in [0, 0.1) is 17.2 Å². The van der Waals surface area contributed by atoms with Gasteiger partial charge in [-0.25, -0.2) is 4.79 Å². The van der Waals surface area contributed by atoms with Gasteiger partial charge in [0.1, 0.15) is 0 Å². The average Bonchev–Trinajstić information content (AvgIpc) is 2.77. The van der Waals surface area contributed by atoms with Crippen molar-refractivity contribution in [3.63, 3.8) is 0 Å². The first-order valence-electron chi connectivity index (χ1n) is 13.0. The van der Waals surface area contributed by atoms with Crippen LogP contribution in [0.3, 0.4) is 0 Å². The highest BCUT2D eigenvalue weighted by molar-refractivity contribution is 7.85. The number of alkyl carbamates (subject to hydrolysis) is 1. The zero-order valence-corrected chi connectivity index (χ0v) is 21.9. The van der Waals surface area contributed by atoms with Crippen molar-refractivity contribution in [3.8, 4) is 6.07 Å². The summed E-state index contributed by atoms with van der Waals surface area (Å²) in [5.74, 6) is -0.467. The molecule has 0 aliphatic rings. The van der Waals surface area contributed by atoms with E-state index in [1.54, 1.807) is 0 Å². The second kappa shape index (κ2) is 22.5. The van der Waals surface area contributed by atoms with Crippen molar-refractivity contribution in [2.24, 2.45) is 5.92 Å². The van der Waals surface area contributed by atoms with E-state index in [-0.39, 0.29) is 19.6 Å². The summed E-state index contributed by atoms with van der Waals surface area (Å²) < 4.78 is 31.8. The molecule has 7 nitrogen and oxygen atoms in total. The molecule has 0 aromatic heterocycles. The minimum Gasteiger partial charge on any atom is -0.449 e. The number of nitrogens with zero attached hydrogens (tertiary/aromatic N) is 1. The quantitative estimate of drug-likeness (QED) is 0.130. The number of rotatable bonds is 23. The molecule has 0 spiro atoms. The second-order valence-electron chi connectivity index (χ2n) is 9.05. The van der Waals surface area contributed by atoms with Crippen LogP contribution >= 0.6 is 0 Å². The van der Waals surface area contributed by atoms with Gasteiger partial charge in [0.15, 0.2) is 0 Å². The molecule has 1 N–H and O–H groups in total. The maximum atomic E-state index is 11.7. The Hall–Kier alpha value is -1.33. The molecular weight excluding hydrogens is 440 g/mol. The van der Waals surface area contributed by atoms with E-state index in [2.05, 4.69) is 16.4 Å². The molecule has 0 aromatic carbocycles. The molecule has 0 rings (SSSR count). The third kappa shape index (κ3) is 25.1. The van der Waals surface area contributed by atoms with Crippen LogP contribution in [0.4, 0.5) is 4.79 Å². The topological polar surface area (TPSA) is 105 Å². The van der Waals surface area contributed by atoms with Crippen molar-refractivity contribution in [1.29, 1.82) is 5.26 Å². The van der Waals surface area contributed by atoms with Gasteiger partial charge in [0.05, 0.1) is 25.5 Å². The van der Waals surface area contributed by atoms with Crippen LogP contribution in [0.1, 0.15) is 116 Å². The average molecular weight is 489 g/mol. The molecule has 8 heteroatoms. The number of hydrogen-bond donors (Lipinski definition) is 1. The predicted octanol–water partition coefficient (Wildman–Crippen LogP) is 6.48. The summed E-state index contributed by atoms with van der Waals surface area (Å²) in [6.07, 6.45) is 21.4. The lowest BCUT2D eigenvalue weighted by molar-refractivity contribution is 0.111. The maximum absolute atomic E-state index is 11.7. The monoisotopic (exact) mass is 488 g/mol. The predicted molar refractivity (Wildman–Crippen MR) is 133 cm³/mol. The van der Waals surface area contributed by atoms with E-state index < -0.39 is 22.1 Å². The highest BCUT2D eigenvalue weighted by atomic mass is 32.2.